The Morgan fingerprint density at radius 2 is 2.24 bits per heavy atom. The van der Waals surface area contributed by atoms with E-state index in [1.807, 2.05) is 18.4 Å². The summed E-state index contributed by atoms with van der Waals surface area (Å²) in [4.78, 5) is 1.03. The number of hydrogen-bond acceptors (Lipinski definition) is 3. The Morgan fingerprint density at radius 1 is 1.53 bits per heavy atom. The Morgan fingerprint density at radius 3 is 2.76 bits per heavy atom. The van der Waals surface area contributed by atoms with Crippen molar-refractivity contribution in [1.82, 2.24) is 5.32 Å². The molecule has 0 amide bonds. The molecule has 0 aliphatic rings. The molecular formula is C11H13F3N2S. The molecular weight excluding hydrogens is 249 g/mol. The minimum atomic E-state index is -4.45. The molecule has 1 aromatic heterocycles. The Kier molecular flexibility index (Phi) is 4.97. The molecule has 0 spiro atoms. The van der Waals surface area contributed by atoms with Gasteiger partial charge in [-0.2, -0.15) is 18.4 Å². The SMILES string of the molecule is CCc1ccsc1CNCC(C#N)C(F)(F)F. The van der Waals surface area contributed by atoms with Crippen LogP contribution in [-0.4, -0.2) is 12.7 Å². The van der Waals surface area contributed by atoms with E-state index >= 15 is 0 Å². The summed E-state index contributed by atoms with van der Waals surface area (Å²) >= 11 is 1.51. The minimum absolute atomic E-state index is 0.360. The molecule has 0 radical (unpaired) electrons. The molecule has 2 nitrogen and oxygen atoms in total. The van der Waals surface area contributed by atoms with Gasteiger partial charge in [0.15, 0.2) is 5.92 Å². The number of aryl methyl sites for hydroxylation is 1. The topological polar surface area (TPSA) is 35.8 Å². The van der Waals surface area contributed by atoms with Crippen molar-refractivity contribution in [3.8, 4) is 6.07 Å². The molecule has 1 unspecified atom stereocenters. The Labute approximate surface area is 102 Å². The number of alkyl halides is 3. The predicted octanol–water partition coefficient (Wildman–Crippen LogP) is 3.10. The van der Waals surface area contributed by atoms with Crippen molar-refractivity contribution in [2.45, 2.75) is 26.1 Å². The van der Waals surface area contributed by atoms with Crippen LogP contribution in [0.2, 0.25) is 0 Å². The van der Waals surface area contributed by atoms with Crippen molar-refractivity contribution < 1.29 is 13.2 Å². The van der Waals surface area contributed by atoms with Crippen LogP contribution in [0.4, 0.5) is 13.2 Å². The molecule has 1 aromatic rings. The van der Waals surface area contributed by atoms with E-state index in [2.05, 4.69) is 5.32 Å². The Balaban J connectivity index is 2.45. The number of thiophene rings is 1. The summed E-state index contributed by atoms with van der Waals surface area (Å²) in [6, 6.07) is 3.23. The summed E-state index contributed by atoms with van der Waals surface area (Å²) in [7, 11) is 0. The maximum atomic E-state index is 12.3. The third-order valence-electron chi connectivity index (χ3n) is 2.40. The maximum absolute atomic E-state index is 12.3. The van der Waals surface area contributed by atoms with Crippen molar-refractivity contribution >= 4 is 11.3 Å². The Bertz CT molecular complexity index is 392. The molecule has 0 bridgehead atoms. The predicted molar refractivity (Wildman–Crippen MR) is 60.6 cm³/mol. The van der Waals surface area contributed by atoms with Crippen molar-refractivity contribution in [2.24, 2.45) is 5.92 Å². The second kappa shape index (κ2) is 6.03. The van der Waals surface area contributed by atoms with Crippen molar-refractivity contribution in [2.75, 3.05) is 6.54 Å². The van der Waals surface area contributed by atoms with E-state index < -0.39 is 12.1 Å². The normalized spacial score (nSPS) is 13.4. The zero-order valence-corrected chi connectivity index (χ0v) is 10.2. The van der Waals surface area contributed by atoms with Gasteiger partial charge in [0.1, 0.15) is 0 Å². The lowest BCUT2D eigenvalue weighted by Gasteiger charge is -2.13. The second-order valence-electron chi connectivity index (χ2n) is 3.58. The first-order valence-corrected chi connectivity index (χ1v) is 6.09. The van der Waals surface area contributed by atoms with Crippen LogP contribution in [0.25, 0.3) is 0 Å². The van der Waals surface area contributed by atoms with Gasteiger partial charge in [-0.05, 0) is 23.4 Å². The quantitative estimate of drug-likeness (QED) is 0.885. The van der Waals surface area contributed by atoms with E-state index in [4.69, 9.17) is 5.26 Å². The molecule has 0 aromatic carbocycles. The summed E-state index contributed by atoms with van der Waals surface area (Å²) in [6.07, 6.45) is -3.59. The van der Waals surface area contributed by atoms with Gasteiger partial charge in [-0.15, -0.1) is 11.3 Å². The average Bonchev–Trinajstić information content (AvgIpc) is 2.69. The lowest BCUT2D eigenvalue weighted by atomic mass is 10.1. The van der Waals surface area contributed by atoms with Crippen LogP contribution in [-0.2, 0) is 13.0 Å². The van der Waals surface area contributed by atoms with Crippen LogP contribution in [0.1, 0.15) is 17.4 Å². The van der Waals surface area contributed by atoms with Crippen LogP contribution >= 0.6 is 11.3 Å². The van der Waals surface area contributed by atoms with Crippen LogP contribution in [0.15, 0.2) is 11.4 Å². The molecule has 0 aliphatic heterocycles. The smallest absolute Gasteiger partial charge is 0.310 e. The Hall–Kier alpha value is -1.06. The fourth-order valence-electron chi connectivity index (χ4n) is 1.40. The first kappa shape index (κ1) is 14.0. The molecule has 1 heterocycles. The van der Waals surface area contributed by atoms with Gasteiger partial charge in [0, 0.05) is 18.0 Å². The van der Waals surface area contributed by atoms with E-state index in [9.17, 15) is 13.2 Å². The number of rotatable bonds is 5. The number of nitrogens with zero attached hydrogens (tertiary/aromatic N) is 1. The molecule has 6 heteroatoms. The van der Waals surface area contributed by atoms with Gasteiger partial charge < -0.3 is 5.32 Å². The van der Waals surface area contributed by atoms with Crippen LogP contribution in [0.5, 0.6) is 0 Å². The minimum Gasteiger partial charge on any atom is -0.310 e. The largest absolute Gasteiger partial charge is 0.405 e. The number of nitriles is 1. The monoisotopic (exact) mass is 262 g/mol. The number of nitrogens with one attached hydrogen (secondary N) is 1. The number of hydrogen-bond donors (Lipinski definition) is 1. The molecule has 0 saturated carbocycles. The van der Waals surface area contributed by atoms with E-state index in [-0.39, 0.29) is 6.54 Å². The standard InChI is InChI=1S/C11H13F3N2S/c1-2-8-3-4-17-10(8)7-16-6-9(5-15)11(12,13)14/h3-4,9,16H,2,6-7H2,1H3. The summed E-state index contributed by atoms with van der Waals surface area (Å²) in [5.74, 6) is -1.94. The van der Waals surface area contributed by atoms with Crippen LogP contribution in [0, 0.1) is 17.2 Å². The zero-order chi connectivity index (χ0) is 12.9. The number of halogens is 3. The summed E-state index contributed by atoms with van der Waals surface area (Å²) in [5.41, 5.74) is 1.14. The lowest BCUT2D eigenvalue weighted by molar-refractivity contribution is -0.157. The summed E-state index contributed by atoms with van der Waals surface area (Å²) in [6.45, 7) is 2.02. The summed E-state index contributed by atoms with van der Waals surface area (Å²) < 4.78 is 36.8. The van der Waals surface area contributed by atoms with Crippen LogP contribution < -0.4 is 5.32 Å². The highest BCUT2D eigenvalue weighted by Gasteiger charge is 2.39. The highest BCUT2D eigenvalue weighted by Crippen LogP contribution is 2.25. The van der Waals surface area contributed by atoms with Gasteiger partial charge >= 0.3 is 6.18 Å². The van der Waals surface area contributed by atoms with Gasteiger partial charge in [0.2, 0.25) is 0 Å². The van der Waals surface area contributed by atoms with Crippen molar-refractivity contribution in [3.63, 3.8) is 0 Å². The highest BCUT2D eigenvalue weighted by molar-refractivity contribution is 7.10. The molecule has 1 N–H and O–H groups in total. The fourth-order valence-corrected chi connectivity index (χ4v) is 2.35. The zero-order valence-electron chi connectivity index (χ0n) is 9.34. The van der Waals surface area contributed by atoms with Gasteiger partial charge in [-0.25, -0.2) is 0 Å². The first-order chi connectivity index (χ1) is 7.99. The maximum Gasteiger partial charge on any atom is 0.405 e. The molecule has 1 atom stereocenters. The van der Waals surface area contributed by atoms with Gasteiger partial charge in [0.25, 0.3) is 0 Å². The molecule has 1 rings (SSSR count). The summed E-state index contributed by atoms with van der Waals surface area (Å²) in [5, 5.41) is 13.0. The van der Waals surface area contributed by atoms with Crippen LogP contribution in [0.3, 0.4) is 0 Å². The third kappa shape index (κ3) is 4.02. The average molecular weight is 262 g/mol. The van der Waals surface area contributed by atoms with Gasteiger partial charge in [-0.1, -0.05) is 6.92 Å². The van der Waals surface area contributed by atoms with E-state index in [0.29, 0.717) is 6.54 Å². The molecule has 0 aliphatic carbocycles. The van der Waals surface area contributed by atoms with E-state index in [1.165, 1.54) is 17.4 Å². The first-order valence-electron chi connectivity index (χ1n) is 5.21. The van der Waals surface area contributed by atoms with Crippen molar-refractivity contribution in [1.29, 1.82) is 5.26 Å². The molecule has 94 valence electrons. The lowest BCUT2D eigenvalue weighted by Crippen LogP contribution is -2.32. The fraction of sp³-hybridized carbons (Fsp3) is 0.545. The van der Waals surface area contributed by atoms with E-state index in [1.54, 1.807) is 0 Å². The third-order valence-corrected chi connectivity index (χ3v) is 3.37. The van der Waals surface area contributed by atoms with Gasteiger partial charge in [0.05, 0.1) is 6.07 Å². The molecule has 17 heavy (non-hydrogen) atoms. The van der Waals surface area contributed by atoms with E-state index in [0.717, 1.165) is 16.9 Å². The highest BCUT2D eigenvalue weighted by atomic mass is 32.1. The molecule has 0 fully saturated rings. The second-order valence-corrected chi connectivity index (χ2v) is 4.58. The van der Waals surface area contributed by atoms with Gasteiger partial charge in [-0.3, -0.25) is 0 Å². The van der Waals surface area contributed by atoms with Crippen molar-refractivity contribution in [3.05, 3.63) is 21.9 Å². The molecule has 0 saturated heterocycles.